The predicted molar refractivity (Wildman–Crippen MR) is 46.1 cm³/mol. The van der Waals surface area contributed by atoms with E-state index in [9.17, 15) is 0 Å². The zero-order valence-electron chi connectivity index (χ0n) is 7.27. The van der Waals surface area contributed by atoms with Gasteiger partial charge in [0.25, 0.3) is 0 Å². The minimum absolute atomic E-state index is 0.599. The highest BCUT2D eigenvalue weighted by Gasteiger charge is 2.02. The standard InChI is InChI=1S/C9H9N3O/c1-7-5-12-9(13-7)4-8-6-10-2-3-11-8/h2-3,5-6H,4H2,1H3. The van der Waals surface area contributed by atoms with Crippen LogP contribution in [0.3, 0.4) is 0 Å². The predicted octanol–water partition coefficient (Wildman–Crippen LogP) is 1.36. The average Bonchev–Trinajstić information content (AvgIpc) is 2.53. The van der Waals surface area contributed by atoms with Crippen molar-refractivity contribution < 1.29 is 4.42 Å². The molecule has 0 bridgehead atoms. The third-order valence-electron chi connectivity index (χ3n) is 1.62. The van der Waals surface area contributed by atoms with E-state index in [1.54, 1.807) is 24.8 Å². The van der Waals surface area contributed by atoms with Gasteiger partial charge in [-0.15, -0.1) is 0 Å². The van der Waals surface area contributed by atoms with Crippen LogP contribution in [-0.4, -0.2) is 15.0 Å². The third-order valence-corrected chi connectivity index (χ3v) is 1.62. The van der Waals surface area contributed by atoms with Crippen LogP contribution in [0.1, 0.15) is 17.3 Å². The van der Waals surface area contributed by atoms with Gasteiger partial charge in [-0.05, 0) is 6.92 Å². The zero-order valence-corrected chi connectivity index (χ0v) is 7.27. The van der Waals surface area contributed by atoms with Gasteiger partial charge in [-0.25, -0.2) is 4.98 Å². The summed E-state index contributed by atoms with van der Waals surface area (Å²) in [7, 11) is 0. The van der Waals surface area contributed by atoms with E-state index in [0.29, 0.717) is 12.3 Å². The Hall–Kier alpha value is -1.71. The number of hydrogen-bond acceptors (Lipinski definition) is 4. The maximum atomic E-state index is 5.31. The molecule has 0 N–H and O–H groups in total. The summed E-state index contributed by atoms with van der Waals surface area (Å²) in [6.07, 6.45) is 7.31. The van der Waals surface area contributed by atoms with Gasteiger partial charge in [-0.1, -0.05) is 0 Å². The Morgan fingerprint density at radius 2 is 2.15 bits per heavy atom. The smallest absolute Gasteiger partial charge is 0.200 e. The Labute approximate surface area is 75.7 Å². The summed E-state index contributed by atoms with van der Waals surface area (Å²) >= 11 is 0. The van der Waals surface area contributed by atoms with Crippen LogP contribution in [0, 0.1) is 6.92 Å². The summed E-state index contributed by atoms with van der Waals surface area (Å²) < 4.78 is 5.31. The lowest BCUT2D eigenvalue weighted by molar-refractivity contribution is 0.480. The van der Waals surface area contributed by atoms with Crippen molar-refractivity contribution in [3.8, 4) is 0 Å². The number of aromatic nitrogens is 3. The van der Waals surface area contributed by atoms with E-state index in [1.807, 2.05) is 6.92 Å². The SMILES string of the molecule is Cc1cnc(Cc2cnccn2)o1. The number of aryl methyl sites for hydroxylation is 1. The largest absolute Gasteiger partial charge is 0.446 e. The molecule has 0 atom stereocenters. The van der Waals surface area contributed by atoms with E-state index >= 15 is 0 Å². The molecule has 0 fully saturated rings. The Morgan fingerprint density at radius 3 is 2.77 bits per heavy atom. The van der Waals surface area contributed by atoms with Crippen molar-refractivity contribution in [1.29, 1.82) is 0 Å². The van der Waals surface area contributed by atoms with Crippen molar-refractivity contribution in [2.75, 3.05) is 0 Å². The molecule has 0 spiro atoms. The van der Waals surface area contributed by atoms with Gasteiger partial charge < -0.3 is 4.42 Å². The van der Waals surface area contributed by atoms with E-state index in [4.69, 9.17) is 4.42 Å². The maximum absolute atomic E-state index is 5.31. The maximum Gasteiger partial charge on any atom is 0.200 e. The second-order valence-corrected chi connectivity index (χ2v) is 2.74. The normalized spacial score (nSPS) is 10.2. The molecule has 0 amide bonds. The van der Waals surface area contributed by atoms with Crippen LogP contribution in [0.4, 0.5) is 0 Å². The molecule has 0 saturated carbocycles. The van der Waals surface area contributed by atoms with E-state index in [1.165, 1.54) is 0 Å². The van der Waals surface area contributed by atoms with E-state index in [2.05, 4.69) is 15.0 Å². The summed E-state index contributed by atoms with van der Waals surface area (Å²) in [5.41, 5.74) is 0.865. The minimum Gasteiger partial charge on any atom is -0.446 e. The quantitative estimate of drug-likeness (QED) is 0.691. The first-order chi connectivity index (χ1) is 6.34. The lowest BCUT2D eigenvalue weighted by Gasteiger charge is -1.93. The summed E-state index contributed by atoms with van der Waals surface area (Å²) in [4.78, 5) is 12.2. The average molecular weight is 175 g/mol. The molecule has 2 heterocycles. The number of hydrogen-bond donors (Lipinski definition) is 0. The monoisotopic (exact) mass is 175 g/mol. The molecule has 4 nitrogen and oxygen atoms in total. The summed E-state index contributed by atoms with van der Waals surface area (Å²) in [6, 6.07) is 0. The molecule has 0 aromatic carbocycles. The van der Waals surface area contributed by atoms with Crippen molar-refractivity contribution >= 4 is 0 Å². The van der Waals surface area contributed by atoms with E-state index in [0.717, 1.165) is 11.5 Å². The lowest BCUT2D eigenvalue weighted by atomic mass is 10.3. The van der Waals surface area contributed by atoms with Gasteiger partial charge in [0.2, 0.25) is 0 Å². The van der Waals surface area contributed by atoms with Gasteiger partial charge >= 0.3 is 0 Å². The molecule has 0 aliphatic heterocycles. The van der Waals surface area contributed by atoms with Gasteiger partial charge in [0, 0.05) is 18.6 Å². The second-order valence-electron chi connectivity index (χ2n) is 2.74. The van der Waals surface area contributed by atoms with Crippen molar-refractivity contribution in [1.82, 2.24) is 15.0 Å². The Morgan fingerprint density at radius 1 is 1.23 bits per heavy atom. The Kier molecular flexibility index (Phi) is 2.04. The molecule has 13 heavy (non-hydrogen) atoms. The minimum atomic E-state index is 0.599. The van der Waals surface area contributed by atoms with Crippen LogP contribution in [-0.2, 0) is 6.42 Å². The van der Waals surface area contributed by atoms with Gasteiger partial charge in [-0.2, -0.15) is 0 Å². The molecule has 2 rings (SSSR count). The number of nitrogens with zero attached hydrogens (tertiary/aromatic N) is 3. The molecule has 2 aromatic rings. The highest BCUT2D eigenvalue weighted by Crippen LogP contribution is 2.05. The van der Waals surface area contributed by atoms with Crippen LogP contribution in [0.15, 0.2) is 29.2 Å². The fraction of sp³-hybridized carbons (Fsp3) is 0.222. The number of oxazole rings is 1. The fourth-order valence-corrected chi connectivity index (χ4v) is 1.06. The van der Waals surface area contributed by atoms with Crippen LogP contribution < -0.4 is 0 Å². The molecule has 2 aromatic heterocycles. The first kappa shape index (κ1) is 7.91. The van der Waals surface area contributed by atoms with Gasteiger partial charge in [0.1, 0.15) is 5.76 Å². The van der Waals surface area contributed by atoms with E-state index in [-0.39, 0.29) is 0 Å². The molecular weight excluding hydrogens is 166 g/mol. The number of rotatable bonds is 2. The highest BCUT2D eigenvalue weighted by molar-refractivity contribution is 5.03. The lowest BCUT2D eigenvalue weighted by Crippen LogP contribution is -1.92. The van der Waals surface area contributed by atoms with Gasteiger partial charge in [0.15, 0.2) is 5.89 Å². The first-order valence-corrected chi connectivity index (χ1v) is 4.01. The first-order valence-electron chi connectivity index (χ1n) is 4.01. The Balaban J connectivity index is 2.15. The summed E-state index contributed by atoms with van der Waals surface area (Å²) in [6.45, 7) is 1.87. The summed E-state index contributed by atoms with van der Waals surface area (Å²) in [5, 5.41) is 0. The van der Waals surface area contributed by atoms with Crippen molar-refractivity contribution in [3.05, 3.63) is 42.1 Å². The molecule has 4 heteroatoms. The van der Waals surface area contributed by atoms with Crippen molar-refractivity contribution in [2.24, 2.45) is 0 Å². The van der Waals surface area contributed by atoms with E-state index < -0.39 is 0 Å². The topological polar surface area (TPSA) is 51.8 Å². The molecule has 66 valence electrons. The van der Waals surface area contributed by atoms with Crippen molar-refractivity contribution in [2.45, 2.75) is 13.3 Å². The molecule has 0 aliphatic carbocycles. The highest BCUT2D eigenvalue weighted by atomic mass is 16.3. The molecule has 0 aliphatic rings. The Bertz CT molecular complexity index is 383. The fourth-order valence-electron chi connectivity index (χ4n) is 1.06. The third kappa shape index (κ3) is 1.90. The molecule has 0 unspecified atom stereocenters. The molecule has 0 saturated heterocycles. The van der Waals surface area contributed by atoms with Gasteiger partial charge in [0.05, 0.1) is 18.3 Å². The van der Waals surface area contributed by atoms with Crippen molar-refractivity contribution in [3.63, 3.8) is 0 Å². The van der Waals surface area contributed by atoms with Crippen LogP contribution in [0.2, 0.25) is 0 Å². The molecular formula is C9H9N3O. The van der Waals surface area contributed by atoms with Crippen LogP contribution >= 0.6 is 0 Å². The zero-order chi connectivity index (χ0) is 9.10. The van der Waals surface area contributed by atoms with Crippen LogP contribution in [0.5, 0.6) is 0 Å². The molecule has 0 radical (unpaired) electrons. The van der Waals surface area contributed by atoms with Crippen LogP contribution in [0.25, 0.3) is 0 Å². The second kappa shape index (κ2) is 3.35. The van der Waals surface area contributed by atoms with Gasteiger partial charge in [-0.3, -0.25) is 9.97 Å². The summed E-state index contributed by atoms with van der Waals surface area (Å²) in [5.74, 6) is 1.50.